The van der Waals surface area contributed by atoms with Crippen molar-refractivity contribution in [3.8, 4) is 10.4 Å². The summed E-state index contributed by atoms with van der Waals surface area (Å²) < 4.78 is 29.5. The molecule has 1 amide bonds. The molecule has 1 atom stereocenters. The lowest BCUT2D eigenvalue weighted by atomic mass is 10.0. The first-order valence-corrected chi connectivity index (χ1v) is 10.8. The molecule has 0 aliphatic carbocycles. The van der Waals surface area contributed by atoms with Crippen molar-refractivity contribution in [1.29, 1.82) is 0 Å². The van der Waals surface area contributed by atoms with Crippen molar-refractivity contribution >= 4 is 28.1 Å². The minimum atomic E-state index is -0.949. The quantitative estimate of drug-likeness (QED) is 0.403. The van der Waals surface area contributed by atoms with Crippen LogP contribution >= 0.6 is 11.3 Å². The number of amides is 1. The SMILES string of the molecule is CC(O)Cc1cc(F)c(-c2cc(C(N)=O)c(Nc3cccc(CC(C)(C)O)n3)s2)c(F)c1. The van der Waals surface area contributed by atoms with Crippen LogP contribution in [0.2, 0.25) is 0 Å². The van der Waals surface area contributed by atoms with Gasteiger partial charge in [-0.05, 0) is 63.1 Å². The Kier molecular flexibility index (Phi) is 6.92. The van der Waals surface area contributed by atoms with E-state index in [4.69, 9.17) is 5.73 Å². The van der Waals surface area contributed by atoms with E-state index in [-0.39, 0.29) is 22.4 Å². The summed E-state index contributed by atoms with van der Waals surface area (Å²) in [4.78, 5) is 16.6. The standard InChI is InChI=1S/C23H25F2N3O3S/c1-12(29)7-13-8-16(24)20(17(25)9-13)18-10-15(21(26)30)22(32-18)28-19-6-4-5-14(27-19)11-23(2,3)31/h4-6,8-10,12,29,31H,7,11H2,1-3H3,(H2,26,30)(H,27,28). The molecule has 9 heteroatoms. The summed E-state index contributed by atoms with van der Waals surface area (Å²) in [6.07, 6.45) is -0.306. The third kappa shape index (κ3) is 5.87. The van der Waals surface area contributed by atoms with Crippen molar-refractivity contribution in [3.05, 3.63) is 64.9 Å². The van der Waals surface area contributed by atoms with Crippen LogP contribution in [0.5, 0.6) is 0 Å². The van der Waals surface area contributed by atoms with Crippen LogP contribution in [0.25, 0.3) is 10.4 Å². The number of primary amides is 1. The van der Waals surface area contributed by atoms with Crippen LogP contribution in [-0.4, -0.2) is 32.8 Å². The number of benzene rings is 1. The highest BCUT2D eigenvalue weighted by molar-refractivity contribution is 7.20. The molecule has 0 aliphatic rings. The molecule has 3 rings (SSSR count). The summed E-state index contributed by atoms with van der Waals surface area (Å²) >= 11 is 0.972. The summed E-state index contributed by atoms with van der Waals surface area (Å²) in [5, 5.41) is 22.8. The van der Waals surface area contributed by atoms with Crippen molar-refractivity contribution in [2.24, 2.45) is 5.73 Å². The topological polar surface area (TPSA) is 108 Å². The molecule has 6 nitrogen and oxygen atoms in total. The Bertz CT molecular complexity index is 1120. The molecule has 2 heterocycles. The minimum Gasteiger partial charge on any atom is -0.393 e. The van der Waals surface area contributed by atoms with E-state index < -0.39 is 29.2 Å². The molecular weight excluding hydrogens is 436 g/mol. The van der Waals surface area contributed by atoms with Gasteiger partial charge in [-0.15, -0.1) is 11.3 Å². The fraction of sp³-hybridized carbons (Fsp3) is 0.304. The lowest BCUT2D eigenvalue weighted by molar-refractivity contribution is 0.0799. The van der Waals surface area contributed by atoms with Crippen molar-refractivity contribution < 1.29 is 23.8 Å². The van der Waals surface area contributed by atoms with Gasteiger partial charge in [-0.2, -0.15) is 0 Å². The number of aliphatic hydroxyl groups is 2. The van der Waals surface area contributed by atoms with E-state index in [0.717, 1.165) is 11.3 Å². The van der Waals surface area contributed by atoms with Gasteiger partial charge in [0.1, 0.15) is 22.5 Å². The number of aromatic nitrogens is 1. The Morgan fingerprint density at radius 2 is 1.91 bits per heavy atom. The number of rotatable bonds is 8. The maximum atomic E-state index is 14.7. The first-order chi connectivity index (χ1) is 14.9. The largest absolute Gasteiger partial charge is 0.393 e. The smallest absolute Gasteiger partial charge is 0.251 e. The molecule has 5 N–H and O–H groups in total. The van der Waals surface area contributed by atoms with E-state index in [1.807, 2.05) is 0 Å². The average Bonchev–Trinajstić information content (AvgIpc) is 3.03. The van der Waals surface area contributed by atoms with Crippen LogP contribution < -0.4 is 11.1 Å². The number of hydrogen-bond donors (Lipinski definition) is 4. The van der Waals surface area contributed by atoms with Crippen molar-refractivity contribution in [3.63, 3.8) is 0 Å². The second-order valence-electron chi connectivity index (χ2n) is 8.33. The van der Waals surface area contributed by atoms with Crippen LogP contribution in [0.1, 0.15) is 42.4 Å². The number of pyridine rings is 1. The molecule has 32 heavy (non-hydrogen) atoms. The van der Waals surface area contributed by atoms with E-state index >= 15 is 0 Å². The number of thiophene rings is 1. The summed E-state index contributed by atoms with van der Waals surface area (Å²) in [7, 11) is 0. The molecule has 1 unspecified atom stereocenters. The first kappa shape index (κ1) is 23.8. The van der Waals surface area contributed by atoms with E-state index in [1.54, 1.807) is 32.0 Å². The molecule has 1 aromatic carbocycles. The Morgan fingerprint density at radius 3 is 2.47 bits per heavy atom. The monoisotopic (exact) mass is 461 g/mol. The van der Waals surface area contributed by atoms with Crippen LogP contribution in [-0.2, 0) is 12.8 Å². The molecule has 0 saturated heterocycles. The van der Waals surface area contributed by atoms with Crippen LogP contribution in [0.4, 0.5) is 19.6 Å². The number of aliphatic hydroxyl groups excluding tert-OH is 1. The highest BCUT2D eigenvalue weighted by Crippen LogP contribution is 2.39. The Morgan fingerprint density at radius 1 is 1.25 bits per heavy atom. The number of nitrogens with zero attached hydrogens (tertiary/aromatic N) is 1. The second kappa shape index (κ2) is 9.32. The lowest BCUT2D eigenvalue weighted by Gasteiger charge is -2.16. The zero-order chi connectivity index (χ0) is 23.6. The molecule has 0 radical (unpaired) electrons. The van der Waals surface area contributed by atoms with Gasteiger partial charge in [0.25, 0.3) is 5.91 Å². The normalized spacial score (nSPS) is 12.6. The highest BCUT2D eigenvalue weighted by atomic mass is 32.1. The molecule has 0 spiro atoms. The molecule has 0 bridgehead atoms. The van der Waals surface area contributed by atoms with Crippen LogP contribution in [0, 0.1) is 11.6 Å². The van der Waals surface area contributed by atoms with E-state index in [0.29, 0.717) is 28.5 Å². The van der Waals surface area contributed by atoms with Crippen molar-refractivity contribution in [2.45, 2.75) is 45.3 Å². The zero-order valence-corrected chi connectivity index (χ0v) is 18.8. The van der Waals surface area contributed by atoms with E-state index in [1.165, 1.54) is 25.1 Å². The summed E-state index contributed by atoms with van der Waals surface area (Å²) in [5.74, 6) is -1.95. The number of carbonyl (C=O) groups is 1. The molecule has 2 aromatic heterocycles. The molecule has 0 saturated carbocycles. The van der Waals surface area contributed by atoms with Gasteiger partial charge < -0.3 is 21.3 Å². The van der Waals surface area contributed by atoms with Gasteiger partial charge in [0.2, 0.25) is 0 Å². The van der Waals surface area contributed by atoms with E-state index in [2.05, 4.69) is 10.3 Å². The van der Waals surface area contributed by atoms with Gasteiger partial charge in [0.05, 0.1) is 22.8 Å². The molecular formula is C23H25F2N3O3S. The fourth-order valence-corrected chi connectivity index (χ4v) is 4.44. The number of nitrogens with one attached hydrogen (secondary N) is 1. The second-order valence-corrected chi connectivity index (χ2v) is 9.39. The molecule has 170 valence electrons. The maximum Gasteiger partial charge on any atom is 0.251 e. The fourth-order valence-electron chi connectivity index (χ4n) is 3.32. The van der Waals surface area contributed by atoms with Crippen molar-refractivity contribution in [2.75, 3.05) is 5.32 Å². The highest BCUT2D eigenvalue weighted by Gasteiger charge is 2.21. The molecule has 3 aromatic rings. The van der Waals surface area contributed by atoms with E-state index in [9.17, 15) is 23.8 Å². The van der Waals surface area contributed by atoms with Gasteiger partial charge in [-0.3, -0.25) is 4.79 Å². The van der Waals surface area contributed by atoms with Crippen LogP contribution in [0.3, 0.4) is 0 Å². The number of halogens is 2. The summed E-state index contributed by atoms with van der Waals surface area (Å²) in [6.45, 7) is 4.87. The third-order valence-corrected chi connectivity index (χ3v) is 5.61. The number of nitrogens with two attached hydrogens (primary N) is 1. The third-order valence-electron chi connectivity index (χ3n) is 4.54. The van der Waals surface area contributed by atoms with Crippen LogP contribution in [0.15, 0.2) is 36.4 Å². The lowest BCUT2D eigenvalue weighted by Crippen LogP contribution is -2.22. The van der Waals surface area contributed by atoms with Crippen molar-refractivity contribution in [1.82, 2.24) is 4.98 Å². The number of carbonyl (C=O) groups excluding carboxylic acids is 1. The van der Waals surface area contributed by atoms with Gasteiger partial charge in [0, 0.05) is 17.0 Å². The predicted molar refractivity (Wildman–Crippen MR) is 121 cm³/mol. The van der Waals surface area contributed by atoms with Gasteiger partial charge in [-0.25, -0.2) is 13.8 Å². The summed E-state index contributed by atoms with van der Waals surface area (Å²) in [5.41, 5.74) is 5.30. The minimum absolute atomic E-state index is 0.0755. The average molecular weight is 462 g/mol. The number of anilines is 2. The van der Waals surface area contributed by atoms with Gasteiger partial charge in [0.15, 0.2) is 0 Å². The summed E-state index contributed by atoms with van der Waals surface area (Å²) in [6, 6.07) is 8.86. The zero-order valence-electron chi connectivity index (χ0n) is 17.9. The first-order valence-electron chi connectivity index (χ1n) is 9.98. The van der Waals surface area contributed by atoms with Gasteiger partial charge in [-0.1, -0.05) is 6.07 Å². The maximum absolute atomic E-state index is 14.7. The number of hydrogen-bond acceptors (Lipinski definition) is 6. The van der Waals surface area contributed by atoms with Gasteiger partial charge >= 0.3 is 0 Å². The Hall–Kier alpha value is -2.88. The predicted octanol–water partition coefficient (Wildman–Crippen LogP) is 4.17. The Balaban J connectivity index is 1.97. The Labute approximate surface area is 188 Å². The molecule has 0 fully saturated rings. The molecule has 0 aliphatic heterocycles.